The molecule has 2 aromatic carbocycles. The third kappa shape index (κ3) is 4.52. The van der Waals surface area contributed by atoms with Crippen LogP contribution >= 0.6 is 11.8 Å². The molecule has 24 heavy (non-hydrogen) atoms. The predicted octanol–water partition coefficient (Wildman–Crippen LogP) is 4.59. The van der Waals surface area contributed by atoms with Crippen molar-refractivity contribution in [1.82, 2.24) is 0 Å². The summed E-state index contributed by atoms with van der Waals surface area (Å²) >= 11 is 1.64. The summed E-state index contributed by atoms with van der Waals surface area (Å²) in [5.74, 6) is 0.808. The van der Waals surface area contributed by atoms with Crippen molar-refractivity contribution in [3.63, 3.8) is 0 Å². The highest BCUT2D eigenvalue weighted by molar-refractivity contribution is 8.00. The summed E-state index contributed by atoms with van der Waals surface area (Å²) in [5.41, 5.74) is 0. The van der Waals surface area contributed by atoms with Crippen molar-refractivity contribution >= 4 is 17.7 Å². The van der Waals surface area contributed by atoms with Gasteiger partial charge in [-0.2, -0.15) is 0 Å². The Morgan fingerprint density at radius 3 is 2.29 bits per heavy atom. The van der Waals surface area contributed by atoms with Crippen LogP contribution in [0.3, 0.4) is 0 Å². The second kappa shape index (κ2) is 7.73. The fraction of sp³-hybridized carbons (Fsp3) is 0.316. The Kier molecular flexibility index (Phi) is 5.43. The van der Waals surface area contributed by atoms with E-state index in [2.05, 4.69) is 0 Å². The molecule has 1 heterocycles. The van der Waals surface area contributed by atoms with E-state index in [1.54, 1.807) is 11.8 Å². The number of hydrogen-bond donors (Lipinski definition) is 1. The normalized spacial score (nSPS) is 16.5. The highest BCUT2D eigenvalue weighted by Crippen LogP contribution is 2.43. The Bertz CT molecular complexity index is 664. The molecule has 0 saturated carbocycles. The molecule has 1 N–H and O–H groups in total. The minimum Gasteiger partial charge on any atom is -0.481 e. The molecule has 1 aliphatic heterocycles. The van der Waals surface area contributed by atoms with Crippen LogP contribution in [-0.4, -0.2) is 29.0 Å². The largest absolute Gasteiger partial charge is 0.481 e. The summed E-state index contributed by atoms with van der Waals surface area (Å²) in [6.07, 6.45) is 1.67. The first-order chi connectivity index (χ1) is 11.7. The molecule has 0 aromatic heterocycles. The van der Waals surface area contributed by atoms with Crippen molar-refractivity contribution in [3.05, 3.63) is 54.6 Å². The van der Waals surface area contributed by atoms with E-state index in [4.69, 9.17) is 9.47 Å². The third-order valence-electron chi connectivity index (χ3n) is 4.01. The van der Waals surface area contributed by atoms with Crippen molar-refractivity contribution in [3.8, 4) is 11.5 Å². The van der Waals surface area contributed by atoms with E-state index in [-0.39, 0.29) is 11.2 Å². The monoisotopic (exact) mass is 344 g/mol. The quantitative estimate of drug-likeness (QED) is 0.830. The van der Waals surface area contributed by atoms with Gasteiger partial charge in [-0.1, -0.05) is 18.2 Å². The summed E-state index contributed by atoms with van der Waals surface area (Å²) in [5, 5.41) is 9.24. The highest BCUT2D eigenvalue weighted by atomic mass is 32.2. The molecule has 0 amide bonds. The van der Waals surface area contributed by atoms with Crippen molar-refractivity contribution in [2.75, 3.05) is 13.2 Å². The maximum atomic E-state index is 11.2. The van der Waals surface area contributed by atoms with Crippen LogP contribution in [0.15, 0.2) is 59.5 Å². The molecule has 126 valence electrons. The first kappa shape index (κ1) is 16.9. The van der Waals surface area contributed by atoms with Crippen molar-refractivity contribution in [2.24, 2.45) is 0 Å². The SMILES string of the molecule is O=C(O)CC1(Sc2ccc(Oc3ccccc3)cc2)CCOCC1. The third-order valence-corrected chi connectivity index (χ3v) is 5.51. The number of ether oxygens (including phenoxy) is 2. The maximum absolute atomic E-state index is 11.2. The Morgan fingerprint density at radius 2 is 1.67 bits per heavy atom. The lowest BCUT2D eigenvalue weighted by Crippen LogP contribution is -2.35. The smallest absolute Gasteiger partial charge is 0.304 e. The molecular formula is C19H20O4S. The van der Waals surface area contributed by atoms with Crippen molar-refractivity contribution < 1.29 is 19.4 Å². The lowest BCUT2D eigenvalue weighted by atomic mass is 9.95. The van der Waals surface area contributed by atoms with Crippen LogP contribution in [0.2, 0.25) is 0 Å². The minimum atomic E-state index is -0.756. The van der Waals surface area contributed by atoms with Crippen LogP contribution < -0.4 is 4.74 Å². The first-order valence-corrected chi connectivity index (χ1v) is 8.78. The molecule has 0 unspecified atom stereocenters. The molecule has 0 aliphatic carbocycles. The molecule has 1 aliphatic rings. The lowest BCUT2D eigenvalue weighted by Gasteiger charge is -2.35. The van der Waals surface area contributed by atoms with Gasteiger partial charge in [0.05, 0.1) is 6.42 Å². The topological polar surface area (TPSA) is 55.8 Å². The van der Waals surface area contributed by atoms with E-state index in [0.717, 1.165) is 29.2 Å². The van der Waals surface area contributed by atoms with Gasteiger partial charge in [0.1, 0.15) is 11.5 Å². The number of para-hydroxylation sites is 1. The Morgan fingerprint density at radius 1 is 1.04 bits per heavy atom. The molecular weight excluding hydrogens is 324 g/mol. The molecule has 1 fully saturated rings. The average molecular weight is 344 g/mol. The molecule has 1 saturated heterocycles. The fourth-order valence-corrected chi connectivity index (χ4v) is 4.12. The second-order valence-electron chi connectivity index (χ2n) is 5.85. The molecule has 0 atom stereocenters. The van der Waals surface area contributed by atoms with Crippen LogP contribution in [0.5, 0.6) is 11.5 Å². The van der Waals surface area contributed by atoms with Gasteiger partial charge in [-0.05, 0) is 49.2 Å². The van der Waals surface area contributed by atoms with Gasteiger partial charge in [0.15, 0.2) is 0 Å². The molecule has 0 spiro atoms. The number of thioether (sulfide) groups is 1. The number of rotatable bonds is 6. The number of aliphatic carboxylic acids is 1. The van der Waals surface area contributed by atoms with Gasteiger partial charge in [0.2, 0.25) is 0 Å². The van der Waals surface area contributed by atoms with E-state index in [1.165, 1.54) is 0 Å². The lowest BCUT2D eigenvalue weighted by molar-refractivity contribution is -0.138. The first-order valence-electron chi connectivity index (χ1n) is 7.97. The van der Waals surface area contributed by atoms with Crippen LogP contribution in [0.4, 0.5) is 0 Å². The number of carboxylic acids is 1. The maximum Gasteiger partial charge on any atom is 0.304 e. The molecule has 5 heteroatoms. The number of carbonyl (C=O) groups is 1. The van der Waals surface area contributed by atoms with E-state index < -0.39 is 5.97 Å². The molecule has 0 bridgehead atoms. The fourth-order valence-electron chi connectivity index (χ4n) is 2.78. The molecule has 2 aromatic rings. The molecule has 0 radical (unpaired) electrons. The van der Waals surface area contributed by atoms with Gasteiger partial charge in [-0.15, -0.1) is 11.8 Å². The zero-order valence-corrected chi connectivity index (χ0v) is 14.1. The Balaban J connectivity index is 1.69. The van der Waals surface area contributed by atoms with Gasteiger partial charge in [-0.3, -0.25) is 4.79 Å². The summed E-state index contributed by atoms with van der Waals surface area (Å²) in [6.45, 7) is 1.24. The zero-order chi connectivity index (χ0) is 16.8. The summed E-state index contributed by atoms with van der Waals surface area (Å²) < 4.78 is 10.9. The highest BCUT2D eigenvalue weighted by Gasteiger charge is 2.36. The van der Waals surface area contributed by atoms with Gasteiger partial charge >= 0.3 is 5.97 Å². The van der Waals surface area contributed by atoms with Gasteiger partial charge in [0.25, 0.3) is 0 Å². The summed E-state index contributed by atoms with van der Waals surface area (Å²) in [4.78, 5) is 12.3. The van der Waals surface area contributed by atoms with Gasteiger partial charge < -0.3 is 14.6 Å². The molecule has 4 nitrogen and oxygen atoms in total. The van der Waals surface area contributed by atoms with Crippen LogP contribution in [0.1, 0.15) is 19.3 Å². The minimum absolute atomic E-state index is 0.156. The van der Waals surface area contributed by atoms with Crippen molar-refractivity contribution in [2.45, 2.75) is 28.9 Å². The Hall–Kier alpha value is -1.98. The van der Waals surface area contributed by atoms with Crippen LogP contribution in [-0.2, 0) is 9.53 Å². The predicted molar refractivity (Wildman–Crippen MR) is 93.9 cm³/mol. The standard InChI is InChI=1S/C19H20O4S/c20-18(21)14-19(10-12-22-13-11-19)24-17-8-6-16(7-9-17)23-15-4-2-1-3-5-15/h1-9H,10-14H2,(H,20,21). The van der Waals surface area contributed by atoms with E-state index in [9.17, 15) is 9.90 Å². The second-order valence-corrected chi connectivity index (χ2v) is 7.40. The van der Waals surface area contributed by atoms with Crippen LogP contribution in [0.25, 0.3) is 0 Å². The number of carboxylic acid groups (broad SMARTS) is 1. The summed E-state index contributed by atoms with van der Waals surface area (Å²) in [7, 11) is 0. The number of benzene rings is 2. The summed E-state index contributed by atoms with van der Waals surface area (Å²) in [6, 6.07) is 17.4. The Labute approximate surface area is 145 Å². The average Bonchev–Trinajstić information content (AvgIpc) is 2.58. The van der Waals surface area contributed by atoms with Crippen LogP contribution in [0, 0.1) is 0 Å². The van der Waals surface area contributed by atoms with Gasteiger partial charge in [0, 0.05) is 22.9 Å². The molecule has 3 rings (SSSR count). The van der Waals surface area contributed by atoms with E-state index in [0.29, 0.717) is 13.2 Å². The van der Waals surface area contributed by atoms with E-state index >= 15 is 0 Å². The van der Waals surface area contributed by atoms with E-state index in [1.807, 2.05) is 54.6 Å². The number of hydrogen-bond acceptors (Lipinski definition) is 4. The van der Waals surface area contributed by atoms with Crippen molar-refractivity contribution in [1.29, 1.82) is 0 Å². The zero-order valence-electron chi connectivity index (χ0n) is 13.3. The van der Waals surface area contributed by atoms with Gasteiger partial charge in [-0.25, -0.2) is 0 Å².